The van der Waals surface area contributed by atoms with Gasteiger partial charge >= 0.3 is 0 Å². The lowest BCUT2D eigenvalue weighted by Crippen LogP contribution is -1.95. The molecule has 112 valence electrons. The van der Waals surface area contributed by atoms with Gasteiger partial charge in [-0.15, -0.1) is 11.8 Å². The minimum atomic E-state index is 0.709. The van der Waals surface area contributed by atoms with Crippen molar-refractivity contribution < 1.29 is 4.52 Å². The molecule has 3 N–H and O–H groups in total. The molecule has 22 heavy (non-hydrogen) atoms. The van der Waals surface area contributed by atoms with Gasteiger partial charge in [0.2, 0.25) is 0 Å². The molecule has 2 aromatic heterocycles. The van der Waals surface area contributed by atoms with Gasteiger partial charge in [0.05, 0.1) is 5.56 Å². The summed E-state index contributed by atoms with van der Waals surface area (Å²) in [4.78, 5) is 4.35. The number of hydrogen-bond acceptors (Lipinski definition) is 6. The molecule has 0 saturated carbocycles. The van der Waals surface area contributed by atoms with E-state index in [9.17, 15) is 0 Å². The van der Waals surface area contributed by atoms with E-state index in [1.54, 1.807) is 18.0 Å². The maximum Gasteiger partial charge on any atom is 0.147 e. The highest BCUT2D eigenvalue weighted by Crippen LogP contribution is 2.33. The Hall–Kier alpha value is -2.47. The summed E-state index contributed by atoms with van der Waals surface area (Å²) < 4.78 is 5.29. The first kappa shape index (κ1) is 14.5. The second-order valence-electron chi connectivity index (χ2n) is 4.80. The number of pyridine rings is 1. The molecule has 0 aliphatic rings. The van der Waals surface area contributed by atoms with Gasteiger partial charge in [0, 0.05) is 17.6 Å². The van der Waals surface area contributed by atoms with Gasteiger partial charge in [0.15, 0.2) is 0 Å². The van der Waals surface area contributed by atoms with Crippen LogP contribution < -0.4 is 11.1 Å². The predicted molar refractivity (Wildman–Crippen MR) is 90.4 cm³/mol. The third-order valence-electron chi connectivity index (χ3n) is 3.23. The molecule has 1 aromatic carbocycles. The first-order chi connectivity index (χ1) is 10.7. The quantitative estimate of drug-likeness (QED) is 0.558. The molecule has 0 saturated heterocycles. The molecule has 0 unspecified atom stereocenters. The van der Waals surface area contributed by atoms with E-state index in [-0.39, 0.29) is 0 Å². The van der Waals surface area contributed by atoms with Crippen LogP contribution >= 0.6 is 11.8 Å². The van der Waals surface area contributed by atoms with Crippen molar-refractivity contribution in [3.05, 3.63) is 48.4 Å². The molecule has 0 aliphatic heterocycles. The summed E-state index contributed by atoms with van der Waals surface area (Å²) in [5, 5.41) is 8.20. The highest BCUT2D eigenvalue weighted by atomic mass is 32.2. The monoisotopic (exact) mass is 312 g/mol. The topological polar surface area (TPSA) is 77.0 Å². The Balaban J connectivity index is 1.94. The number of nitrogens with two attached hydrogens (primary N) is 1. The molecule has 3 rings (SSSR count). The Morgan fingerprint density at radius 3 is 2.86 bits per heavy atom. The van der Waals surface area contributed by atoms with Gasteiger partial charge < -0.3 is 15.6 Å². The summed E-state index contributed by atoms with van der Waals surface area (Å²) in [6.45, 7) is 1.91. The van der Waals surface area contributed by atoms with Crippen molar-refractivity contribution in [1.82, 2.24) is 10.1 Å². The molecule has 2 heterocycles. The van der Waals surface area contributed by atoms with Crippen LogP contribution in [0.25, 0.3) is 11.1 Å². The Labute approximate surface area is 132 Å². The van der Waals surface area contributed by atoms with Crippen LogP contribution in [-0.4, -0.2) is 16.4 Å². The standard InChI is InChI=1S/C16H16N4OS/c1-10-15(16(22-2)20-21-10)11-6-7-18-14(8-11)19-13-5-3-4-12(17)9-13/h3-9H,17H2,1-2H3,(H,18,19). The summed E-state index contributed by atoms with van der Waals surface area (Å²) in [6, 6.07) is 11.5. The first-order valence-electron chi connectivity index (χ1n) is 6.76. The van der Waals surface area contributed by atoms with Crippen molar-refractivity contribution in [2.24, 2.45) is 0 Å². The average molecular weight is 312 g/mol. The third kappa shape index (κ3) is 2.92. The van der Waals surface area contributed by atoms with Crippen molar-refractivity contribution in [3.8, 4) is 11.1 Å². The number of rotatable bonds is 4. The van der Waals surface area contributed by atoms with Gasteiger partial charge in [0.25, 0.3) is 0 Å². The molecule has 0 spiro atoms. The largest absolute Gasteiger partial charge is 0.399 e. The highest BCUT2D eigenvalue weighted by molar-refractivity contribution is 7.98. The SMILES string of the molecule is CSc1noc(C)c1-c1ccnc(Nc2cccc(N)c2)c1. The van der Waals surface area contributed by atoms with Crippen LogP contribution in [0.2, 0.25) is 0 Å². The summed E-state index contributed by atoms with van der Waals surface area (Å²) in [7, 11) is 0. The van der Waals surface area contributed by atoms with E-state index in [1.165, 1.54) is 0 Å². The van der Waals surface area contributed by atoms with Crippen LogP contribution in [0.5, 0.6) is 0 Å². The molecule has 0 fully saturated rings. The lowest BCUT2D eigenvalue weighted by atomic mass is 10.1. The van der Waals surface area contributed by atoms with Crippen molar-refractivity contribution in [1.29, 1.82) is 0 Å². The van der Waals surface area contributed by atoms with E-state index in [2.05, 4.69) is 15.5 Å². The smallest absolute Gasteiger partial charge is 0.147 e. The molecule has 6 heteroatoms. The summed E-state index contributed by atoms with van der Waals surface area (Å²) >= 11 is 1.56. The molecular formula is C16H16N4OS. The molecule has 0 bridgehead atoms. The third-order valence-corrected chi connectivity index (χ3v) is 3.90. The number of benzene rings is 1. The zero-order valence-electron chi connectivity index (χ0n) is 12.3. The Morgan fingerprint density at radius 1 is 1.23 bits per heavy atom. The van der Waals surface area contributed by atoms with E-state index >= 15 is 0 Å². The lowest BCUT2D eigenvalue weighted by molar-refractivity contribution is 0.384. The normalized spacial score (nSPS) is 10.6. The van der Waals surface area contributed by atoms with Crippen LogP contribution in [0.15, 0.2) is 52.1 Å². The van der Waals surface area contributed by atoms with Crippen LogP contribution in [-0.2, 0) is 0 Å². The fraction of sp³-hybridized carbons (Fsp3) is 0.125. The van der Waals surface area contributed by atoms with E-state index in [1.807, 2.05) is 49.6 Å². The summed E-state index contributed by atoms with van der Waals surface area (Å²) in [5.74, 6) is 1.54. The van der Waals surface area contributed by atoms with Gasteiger partial charge in [-0.25, -0.2) is 4.98 Å². The molecule has 3 aromatic rings. The number of nitrogens with one attached hydrogen (secondary N) is 1. The first-order valence-corrected chi connectivity index (χ1v) is 7.99. The minimum absolute atomic E-state index is 0.709. The van der Waals surface area contributed by atoms with E-state index in [0.717, 1.165) is 33.4 Å². The maximum atomic E-state index is 5.79. The number of nitrogen functional groups attached to an aromatic ring is 1. The van der Waals surface area contributed by atoms with Gasteiger partial charge in [-0.2, -0.15) is 0 Å². The fourth-order valence-electron chi connectivity index (χ4n) is 2.24. The van der Waals surface area contributed by atoms with E-state index in [0.29, 0.717) is 5.69 Å². The molecular weight excluding hydrogens is 296 g/mol. The van der Waals surface area contributed by atoms with Crippen molar-refractivity contribution in [3.63, 3.8) is 0 Å². The van der Waals surface area contributed by atoms with E-state index in [4.69, 9.17) is 10.3 Å². The van der Waals surface area contributed by atoms with Crippen LogP contribution in [0.3, 0.4) is 0 Å². The second-order valence-corrected chi connectivity index (χ2v) is 5.60. The number of thioether (sulfide) groups is 1. The number of aromatic nitrogens is 2. The van der Waals surface area contributed by atoms with Gasteiger partial charge in [-0.3, -0.25) is 0 Å². The zero-order chi connectivity index (χ0) is 15.5. The highest BCUT2D eigenvalue weighted by Gasteiger charge is 2.14. The van der Waals surface area contributed by atoms with Gasteiger partial charge in [-0.05, 0) is 49.1 Å². The fourth-order valence-corrected chi connectivity index (χ4v) is 2.81. The van der Waals surface area contributed by atoms with Gasteiger partial charge in [-0.1, -0.05) is 11.2 Å². The van der Waals surface area contributed by atoms with Crippen LogP contribution in [0, 0.1) is 6.92 Å². The Bertz CT molecular complexity index is 800. The van der Waals surface area contributed by atoms with Crippen molar-refractivity contribution >= 4 is 29.0 Å². The molecule has 0 aliphatic carbocycles. The second kappa shape index (κ2) is 6.11. The maximum absolute atomic E-state index is 5.79. The van der Waals surface area contributed by atoms with Crippen LogP contribution in [0.1, 0.15) is 5.76 Å². The van der Waals surface area contributed by atoms with Gasteiger partial charge in [0.1, 0.15) is 16.6 Å². The lowest BCUT2D eigenvalue weighted by Gasteiger charge is -2.08. The molecule has 0 radical (unpaired) electrons. The number of aryl methyl sites for hydroxylation is 1. The number of hydrogen-bond donors (Lipinski definition) is 2. The Morgan fingerprint density at radius 2 is 2.09 bits per heavy atom. The summed E-state index contributed by atoms with van der Waals surface area (Å²) in [6.07, 6.45) is 3.74. The molecule has 5 nitrogen and oxygen atoms in total. The van der Waals surface area contributed by atoms with Crippen molar-refractivity contribution in [2.75, 3.05) is 17.3 Å². The van der Waals surface area contributed by atoms with E-state index < -0.39 is 0 Å². The minimum Gasteiger partial charge on any atom is -0.399 e. The van der Waals surface area contributed by atoms with Crippen LogP contribution in [0.4, 0.5) is 17.2 Å². The predicted octanol–water partition coefficient (Wildman–Crippen LogP) is 4.09. The summed E-state index contributed by atoms with van der Waals surface area (Å²) in [5.41, 5.74) is 9.43. The molecule has 0 atom stereocenters. The number of nitrogens with zero attached hydrogens (tertiary/aromatic N) is 2. The molecule has 0 amide bonds. The Kier molecular flexibility index (Phi) is 4.02. The van der Waals surface area contributed by atoms with Crippen molar-refractivity contribution in [2.45, 2.75) is 11.9 Å². The zero-order valence-corrected chi connectivity index (χ0v) is 13.1. The number of anilines is 3. The average Bonchev–Trinajstić information content (AvgIpc) is 2.88.